The van der Waals surface area contributed by atoms with E-state index < -0.39 is 0 Å². The summed E-state index contributed by atoms with van der Waals surface area (Å²) >= 11 is 0. The SMILES string of the molecule is C1=C/COCc2cc(ccc2OCCN2CCCC2)Nc2nccc(n2)-c2cccc(c2)COC/1.C=CCOCc1cccc(-c2ccnc(Nc3ccc(OCCN4CCCC4)c(COCC=C)c3)n2)c1. The summed E-state index contributed by atoms with van der Waals surface area (Å²) in [6.45, 7) is 19.3. The quantitative estimate of drug-likeness (QED) is 0.0588. The Balaban J connectivity index is 0.000000193. The Kier molecular flexibility index (Phi) is 20.3. The molecule has 3 aliphatic rings. The zero-order valence-electron chi connectivity index (χ0n) is 41.4. The summed E-state index contributed by atoms with van der Waals surface area (Å²) in [6.07, 6.45) is 16.1. The average molecular weight is 973 g/mol. The largest absolute Gasteiger partial charge is 0.492 e. The third-order valence-electron chi connectivity index (χ3n) is 12.2. The molecular weight excluding hydrogens is 905 g/mol. The van der Waals surface area contributed by atoms with Crippen molar-refractivity contribution in [3.8, 4) is 34.0 Å². The summed E-state index contributed by atoms with van der Waals surface area (Å²) in [5.74, 6) is 2.75. The normalized spacial score (nSPS) is 15.5. The average Bonchev–Trinajstić information content (AvgIpc) is 4.14. The van der Waals surface area contributed by atoms with Crippen molar-refractivity contribution in [2.45, 2.75) is 52.1 Å². The number of hydrogen-bond acceptors (Lipinski definition) is 14. The van der Waals surface area contributed by atoms with Gasteiger partial charge in [-0.05, 0) is 124 Å². The van der Waals surface area contributed by atoms with E-state index in [0.717, 1.165) is 93.8 Å². The van der Waals surface area contributed by atoms with Gasteiger partial charge in [-0.1, -0.05) is 60.7 Å². The van der Waals surface area contributed by atoms with Crippen LogP contribution in [0.25, 0.3) is 22.5 Å². The van der Waals surface area contributed by atoms with Gasteiger partial charge >= 0.3 is 0 Å². The summed E-state index contributed by atoms with van der Waals surface area (Å²) in [6, 6.07) is 32.3. The first-order chi connectivity index (χ1) is 35.6. The van der Waals surface area contributed by atoms with Crippen molar-refractivity contribution in [1.82, 2.24) is 29.7 Å². The molecule has 6 aromatic rings. The van der Waals surface area contributed by atoms with Gasteiger partial charge in [-0.3, -0.25) is 9.80 Å². The second-order valence-electron chi connectivity index (χ2n) is 17.7. The highest BCUT2D eigenvalue weighted by Gasteiger charge is 2.15. The van der Waals surface area contributed by atoms with E-state index in [0.29, 0.717) is 78.0 Å². The van der Waals surface area contributed by atoms with Crippen LogP contribution in [0, 0.1) is 0 Å². The molecule has 0 aliphatic carbocycles. The van der Waals surface area contributed by atoms with Crippen molar-refractivity contribution in [2.24, 2.45) is 0 Å². The summed E-state index contributed by atoms with van der Waals surface area (Å²) in [5.41, 5.74) is 9.63. The Morgan fingerprint density at radius 1 is 0.639 bits per heavy atom. The van der Waals surface area contributed by atoms with Crippen LogP contribution in [0.2, 0.25) is 0 Å². The van der Waals surface area contributed by atoms with Gasteiger partial charge in [-0.25, -0.2) is 19.9 Å². The van der Waals surface area contributed by atoms with Crippen LogP contribution in [0.15, 0.2) is 147 Å². The standard InChI is InChI=1S/C30H36N4O3.C28H32N4O3/c1-3-17-35-22-24-8-7-9-25(20-24)28-12-13-31-30(33-28)32-27-10-11-29(26(21-27)23-36-18-4-2)37-19-16-34-14-5-6-15-34;1-2-13-32(12-1)14-17-35-27-9-8-25-19-24(27)21-34-16-4-3-15-33-20-22-6-5-7-23(18-22)26-10-11-29-28(30-25)31-26/h3-4,7-13,20-21H,1-2,5-6,14-19,22-23H2,(H,31,32,33);3-11,18-19H,1-2,12-17,20-21H2,(H,29,30,31)/b;4-3+. The van der Waals surface area contributed by atoms with Crippen LogP contribution >= 0.6 is 0 Å². The van der Waals surface area contributed by atoms with Crippen LogP contribution in [0.4, 0.5) is 23.3 Å². The van der Waals surface area contributed by atoms with Gasteiger partial charge in [0.1, 0.15) is 24.7 Å². The van der Waals surface area contributed by atoms with Crippen molar-refractivity contribution in [2.75, 3.05) is 89.5 Å². The Morgan fingerprint density at radius 2 is 1.29 bits per heavy atom. The molecule has 6 bridgehead atoms. The number of rotatable bonds is 19. The van der Waals surface area contributed by atoms with E-state index in [-0.39, 0.29) is 0 Å². The summed E-state index contributed by atoms with van der Waals surface area (Å²) < 4.78 is 35.3. The predicted molar refractivity (Wildman–Crippen MR) is 285 cm³/mol. The van der Waals surface area contributed by atoms with Crippen LogP contribution in [0.5, 0.6) is 11.5 Å². The van der Waals surface area contributed by atoms with Gasteiger partial charge in [-0.2, -0.15) is 0 Å². The molecular formula is C58H68N8O6. The summed E-state index contributed by atoms with van der Waals surface area (Å²) in [5, 5.41) is 6.68. The highest BCUT2D eigenvalue weighted by atomic mass is 16.5. The molecule has 0 amide bonds. The molecule has 0 radical (unpaired) electrons. The van der Waals surface area contributed by atoms with Crippen LogP contribution in [-0.4, -0.2) is 109 Å². The first-order valence-corrected chi connectivity index (χ1v) is 25.1. The first-order valence-electron chi connectivity index (χ1n) is 25.1. The minimum atomic E-state index is 0.433. The maximum Gasteiger partial charge on any atom is 0.227 e. The molecule has 0 spiro atoms. The molecule has 5 heterocycles. The lowest BCUT2D eigenvalue weighted by molar-refractivity contribution is 0.138. The Morgan fingerprint density at radius 3 is 2.04 bits per heavy atom. The van der Waals surface area contributed by atoms with Crippen molar-refractivity contribution in [3.63, 3.8) is 0 Å². The lowest BCUT2D eigenvalue weighted by atomic mass is 10.1. The maximum absolute atomic E-state index is 6.16. The third-order valence-corrected chi connectivity index (χ3v) is 12.2. The van der Waals surface area contributed by atoms with Gasteiger partial charge in [0.05, 0.1) is 64.2 Å². The predicted octanol–water partition coefficient (Wildman–Crippen LogP) is 10.7. The molecule has 0 saturated carbocycles. The maximum atomic E-state index is 6.16. The van der Waals surface area contributed by atoms with E-state index in [4.69, 9.17) is 38.4 Å². The minimum Gasteiger partial charge on any atom is -0.492 e. The third kappa shape index (κ3) is 16.4. The van der Waals surface area contributed by atoms with Crippen molar-refractivity contribution >= 4 is 23.3 Å². The summed E-state index contributed by atoms with van der Waals surface area (Å²) in [4.78, 5) is 23.2. The fourth-order valence-electron chi connectivity index (χ4n) is 8.59. The van der Waals surface area contributed by atoms with Crippen molar-refractivity contribution < 1.29 is 28.4 Å². The van der Waals surface area contributed by atoms with E-state index >= 15 is 0 Å². The van der Waals surface area contributed by atoms with Crippen LogP contribution < -0.4 is 20.1 Å². The van der Waals surface area contributed by atoms with E-state index in [1.165, 1.54) is 38.8 Å². The molecule has 0 atom stereocenters. The van der Waals surface area contributed by atoms with Crippen LogP contribution in [-0.2, 0) is 45.4 Å². The first kappa shape index (κ1) is 51.6. The van der Waals surface area contributed by atoms with Crippen molar-refractivity contribution in [1.29, 1.82) is 0 Å². The Labute approximate surface area is 424 Å². The lowest BCUT2D eigenvalue weighted by Gasteiger charge is -2.17. The Hall–Kier alpha value is -6.78. The van der Waals surface area contributed by atoms with Gasteiger partial charge in [-0.15, -0.1) is 13.2 Å². The monoisotopic (exact) mass is 973 g/mol. The molecule has 2 N–H and O–H groups in total. The van der Waals surface area contributed by atoms with E-state index in [9.17, 15) is 0 Å². The molecule has 4 aromatic carbocycles. The summed E-state index contributed by atoms with van der Waals surface area (Å²) in [7, 11) is 0. The van der Waals surface area contributed by atoms with Gasteiger partial charge in [0, 0.05) is 59.1 Å². The molecule has 2 saturated heterocycles. The highest BCUT2D eigenvalue weighted by Crippen LogP contribution is 2.29. The number of nitrogens with one attached hydrogen (secondary N) is 2. The molecule has 72 heavy (non-hydrogen) atoms. The number of hydrogen-bond donors (Lipinski definition) is 2. The number of nitrogens with zero attached hydrogens (tertiary/aromatic N) is 6. The molecule has 2 fully saturated rings. The second kappa shape index (κ2) is 28.3. The van der Waals surface area contributed by atoms with Gasteiger partial charge in [0.15, 0.2) is 0 Å². The Bertz CT molecular complexity index is 2670. The molecule has 3 aliphatic heterocycles. The molecule has 14 heteroatoms. The smallest absolute Gasteiger partial charge is 0.227 e. The topological polar surface area (TPSA) is 137 Å². The lowest BCUT2D eigenvalue weighted by Crippen LogP contribution is -2.25. The molecule has 14 nitrogen and oxygen atoms in total. The van der Waals surface area contributed by atoms with Crippen LogP contribution in [0.1, 0.15) is 47.9 Å². The van der Waals surface area contributed by atoms with E-state index in [1.807, 2.05) is 78.9 Å². The molecule has 2 aromatic heterocycles. The number of fused-ring (bicyclic) bond motifs is 7. The molecule has 0 unspecified atom stereocenters. The van der Waals surface area contributed by atoms with Gasteiger partial charge in [0.25, 0.3) is 0 Å². The fourth-order valence-corrected chi connectivity index (χ4v) is 8.59. The van der Waals surface area contributed by atoms with Gasteiger partial charge < -0.3 is 39.1 Å². The zero-order chi connectivity index (χ0) is 49.4. The molecule has 9 rings (SSSR count). The number of benzene rings is 4. The van der Waals surface area contributed by atoms with E-state index in [1.54, 1.807) is 24.5 Å². The number of ether oxygens (including phenoxy) is 6. The van der Waals surface area contributed by atoms with E-state index in [2.05, 4.69) is 73.9 Å². The number of likely N-dealkylation sites (tertiary alicyclic amines) is 2. The zero-order valence-corrected chi connectivity index (χ0v) is 41.4. The number of anilines is 4. The minimum absolute atomic E-state index is 0.433. The van der Waals surface area contributed by atoms with Crippen molar-refractivity contribution in [3.05, 3.63) is 169 Å². The highest BCUT2D eigenvalue weighted by molar-refractivity contribution is 5.65. The number of aromatic nitrogens is 4. The fraction of sp³-hybridized carbons (Fsp3) is 0.345. The van der Waals surface area contributed by atoms with Gasteiger partial charge in [0.2, 0.25) is 11.9 Å². The van der Waals surface area contributed by atoms with Crippen LogP contribution in [0.3, 0.4) is 0 Å². The molecule has 376 valence electrons. The second-order valence-corrected chi connectivity index (χ2v) is 17.7.